The molecule has 1 amide bonds. The van der Waals surface area contributed by atoms with Crippen molar-refractivity contribution >= 4 is 22.9 Å². The number of hydrogen-bond acceptors (Lipinski definition) is 5. The number of thiazole rings is 1. The molecule has 94 valence electrons. The van der Waals surface area contributed by atoms with Gasteiger partial charge < -0.3 is 14.8 Å². The fourth-order valence-corrected chi connectivity index (χ4v) is 1.95. The number of carbonyl (C=O) groups is 1. The highest BCUT2D eigenvalue weighted by atomic mass is 32.1. The molecular weight excluding hydrogens is 252 g/mol. The molecule has 0 aliphatic heterocycles. The Balaban J connectivity index is 2.24. The SMILES string of the molecule is COc1ccc(OC)c(NC(=O)c2cscn2)c1. The van der Waals surface area contributed by atoms with Crippen LogP contribution in [-0.2, 0) is 0 Å². The third-order valence-electron chi connectivity index (χ3n) is 2.32. The number of amides is 1. The maximum Gasteiger partial charge on any atom is 0.275 e. The number of hydrogen-bond donors (Lipinski definition) is 1. The second-order valence-electron chi connectivity index (χ2n) is 3.39. The van der Waals surface area contributed by atoms with E-state index in [9.17, 15) is 4.79 Å². The van der Waals surface area contributed by atoms with Crippen molar-refractivity contribution in [2.75, 3.05) is 19.5 Å². The summed E-state index contributed by atoms with van der Waals surface area (Å²) in [6, 6.07) is 5.19. The van der Waals surface area contributed by atoms with E-state index in [1.165, 1.54) is 11.3 Å². The minimum Gasteiger partial charge on any atom is -0.497 e. The molecule has 18 heavy (non-hydrogen) atoms. The Labute approximate surface area is 108 Å². The van der Waals surface area contributed by atoms with Crippen LogP contribution in [0.4, 0.5) is 5.69 Å². The maximum absolute atomic E-state index is 11.9. The summed E-state index contributed by atoms with van der Waals surface area (Å²) >= 11 is 1.37. The van der Waals surface area contributed by atoms with Gasteiger partial charge >= 0.3 is 0 Å². The lowest BCUT2D eigenvalue weighted by Crippen LogP contribution is -2.13. The smallest absolute Gasteiger partial charge is 0.275 e. The molecule has 0 fully saturated rings. The van der Waals surface area contributed by atoms with E-state index in [0.717, 1.165) is 0 Å². The minimum absolute atomic E-state index is 0.275. The summed E-state index contributed by atoms with van der Waals surface area (Å²) in [4.78, 5) is 15.8. The second-order valence-corrected chi connectivity index (χ2v) is 4.11. The van der Waals surface area contributed by atoms with Crippen molar-refractivity contribution < 1.29 is 14.3 Å². The molecule has 0 atom stereocenters. The van der Waals surface area contributed by atoms with Gasteiger partial charge in [-0.3, -0.25) is 4.79 Å². The summed E-state index contributed by atoms with van der Waals surface area (Å²) in [5, 5.41) is 4.42. The van der Waals surface area contributed by atoms with Crippen LogP contribution in [0, 0.1) is 0 Å². The highest BCUT2D eigenvalue weighted by molar-refractivity contribution is 7.07. The van der Waals surface area contributed by atoms with Crippen molar-refractivity contribution in [1.82, 2.24) is 4.98 Å². The number of carbonyl (C=O) groups excluding carboxylic acids is 1. The van der Waals surface area contributed by atoms with Crippen LogP contribution in [-0.4, -0.2) is 25.1 Å². The van der Waals surface area contributed by atoms with Crippen LogP contribution in [0.2, 0.25) is 0 Å². The van der Waals surface area contributed by atoms with Crippen LogP contribution in [0.25, 0.3) is 0 Å². The predicted molar refractivity (Wildman–Crippen MR) is 69.6 cm³/mol. The number of methoxy groups -OCH3 is 2. The van der Waals surface area contributed by atoms with Crippen molar-refractivity contribution in [3.05, 3.63) is 34.8 Å². The third-order valence-corrected chi connectivity index (χ3v) is 2.91. The van der Waals surface area contributed by atoms with Crippen LogP contribution < -0.4 is 14.8 Å². The first-order valence-corrected chi connectivity index (χ1v) is 6.10. The summed E-state index contributed by atoms with van der Waals surface area (Å²) < 4.78 is 10.3. The summed E-state index contributed by atoms with van der Waals surface area (Å²) in [6.45, 7) is 0. The Hall–Kier alpha value is -2.08. The van der Waals surface area contributed by atoms with Gasteiger partial charge in [0.1, 0.15) is 17.2 Å². The second kappa shape index (κ2) is 5.50. The van der Waals surface area contributed by atoms with Gasteiger partial charge in [-0.1, -0.05) is 0 Å². The number of aromatic nitrogens is 1. The van der Waals surface area contributed by atoms with Gasteiger partial charge in [-0.15, -0.1) is 11.3 Å². The first kappa shape index (κ1) is 12.4. The number of benzene rings is 1. The van der Waals surface area contributed by atoms with Crippen LogP contribution in [0.1, 0.15) is 10.5 Å². The molecule has 0 aliphatic rings. The molecule has 0 bridgehead atoms. The van der Waals surface area contributed by atoms with Crippen molar-refractivity contribution in [2.45, 2.75) is 0 Å². The van der Waals surface area contributed by atoms with Crippen molar-refractivity contribution in [2.24, 2.45) is 0 Å². The molecule has 1 heterocycles. The fraction of sp³-hybridized carbons (Fsp3) is 0.167. The molecule has 1 aromatic carbocycles. The van der Waals surface area contributed by atoms with Crippen LogP contribution >= 0.6 is 11.3 Å². The van der Waals surface area contributed by atoms with E-state index in [2.05, 4.69) is 10.3 Å². The normalized spacial score (nSPS) is 9.89. The molecule has 1 N–H and O–H groups in total. The van der Waals surface area contributed by atoms with Crippen LogP contribution in [0.15, 0.2) is 29.1 Å². The lowest BCUT2D eigenvalue weighted by atomic mass is 10.2. The summed E-state index contributed by atoms with van der Waals surface area (Å²) in [7, 11) is 3.11. The number of ether oxygens (including phenoxy) is 2. The molecule has 0 aliphatic carbocycles. The number of anilines is 1. The lowest BCUT2D eigenvalue weighted by molar-refractivity contribution is 0.102. The molecule has 6 heteroatoms. The molecule has 0 unspecified atom stereocenters. The molecule has 0 saturated heterocycles. The monoisotopic (exact) mass is 264 g/mol. The Morgan fingerprint density at radius 2 is 2.17 bits per heavy atom. The standard InChI is InChI=1S/C12H12N2O3S/c1-16-8-3-4-11(17-2)9(5-8)14-12(15)10-6-18-7-13-10/h3-7H,1-2H3,(H,14,15). The molecule has 0 radical (unpaired) electrons. The molecule has 0 saturated carbocycles. The zero-order valence-electron chi connectivity index (χ0n) is 9.97. The van der Waals surface area contributed by atoms with Gasteiger partial charge in [0.05, 0.1) is 25.4 Å². The highest BCUT2D eigenvalue weighted by Crippen LogP contribution is 2.29. The first-order chi connectivity index (χ1) is 8.74. The first-order valence-electron chi connectivity index (χ1n) is 5.16. The van der Waals surface area contributed by atoms with Gasteiger partial charge in [-0.05, 0) is 12.1 Å². The summed E-state index contributed by atoms with van der Waals surface area (Å²) in [5.41, 5.74) is 2.54. The van der Waals surface area contributed by atoms with E-state index >= 15 is 0 Å². The summed E-state index contributed by atoms with van der Waals surface area (Å²) in [6.07, 6.45) is 0. The lowest BCUT2D eigenvalue weighted by Gasteiger charge is -2.10. The van der Waals surface area contributed by atoms with E-state index in [1.807, 2.05) is 0 Å². The van der Waals surface area contributed by atoms with E-state index in [4.69, 9.17) is 9.47 Å². The van der Waals surface area contributed by atoms with Crippen LogP contribution in [0.3, 0.4) is 0 Å². The zero-order valence-corrected chi connectivity index (χ0v) is 10.8. The van der Waals surface area contributed by atoms with E-state index in [0.29, 0.717) is 22.9 Å². The van der Waals surface area contributed by atoms with E-state index in [1.54, 1.807) is 43.3 Å². The van der Waals surface area contributed by atoms with Gasteiger partial charge in [0.2, 0.25) is 0 Å². The average molecular weight is 264 g/mol. The number of rotatable bonds is 4. The molecule has 5 nitrogen and oxygen atoms in total. The highest BCUT2D eigenvalue weighted by Gasteiger charge is 2.12. The summed E-state index contributed by atoms with van der Waals surface area (Å²) in [5.74, 6) is 0.937. The maximum atomic E-state index is 11.9. The molecule has 2 rings (SSSR count). The zero-order chi connectivity index (χ0) is 13.0. The Morgan fingerprint density at radius 1 is 1.33 bits per heavy atom. The van der Waals surface area contributed by atoms with Gasteiger partial charge in [0, 0.05) is 11.4 Å². The van der Waals surface area contributed by atoms with Gasteiger partial charge in [-0.2, -0.15) is 0 Å². The largest absolute Gasteiger partial charge is 0.497 e. The Bertz CT molecular complexity index is 540. The Kier molecular flexibility index (Phi) is 3.78. The van der Waals surface area contributed by atoms with Crippen molar-refractivity contribution in [3.8, 4) is 11.5 Å². The number of nitrogens with zero attached hydrogens (tertiary/aromatic N) is 1. The van der Waals surface area contributed by atoms with Crippen molar-refractivity contribution in [1.29, 1.82) is 0 Å². The molecule has 2 aromatic rings. The van der Waals surface area contributed by atoms with Crippen molar-refractivity contribution in [3.63, 3.8) is 0 Å². The predicted octanol–water partition coefficient (Wildman–Crippen LogP) is 2.41. The van der Waals surface area contributed by atoms with Gasteiger partial charge in [0.25, 0.3) is 5.91 Å². The number of nitrogens with one attached hydrogen (secondary N) is 1. The average Bonchev–Trinajstić information content (AvgIpc) is 2.92. The molecule has 0 spiro atoms. The Morgan fingerprint density at radius 3 is 2.78 bits per heavy atom. The van der Waals surface area contributed by atoms with Gasteiger partial charge in [-0.25, -0.2) is 4.98 Å². The van der Waals surface area contributed by atoms with Crippen LogP contribution in [0.5, 0.6) is 11.5 Å². The van der Waals surface area contributed by atoms with E-state index < -0.39 is 0 Å². The quantitative estimate of drug-likeness (QED) is 0.921. The molecular formula is C12H12N2O3S. The fourth-order valence-electron chi connectivity index (χ4n) is 1.42. The molecule has 1 aromatic heterocycles. The van der Waals surface area contributed by atoms with Gasteiger partial charge in [0.15, 0.2) is 0 Å². The topological polar surface area (TPSA) is 60.5 Å². The van der Waals surface area contributed by atoms with E-state index in [-0.39, 0.29) is 5.91 Å². The minimum atomic E-state index is -0.275. The third kappa shape index (κ3) is 2.60.